The molecule has 0 aliphatic heterocycles. The van der Waals surface area contributed by atoms with Crippen molar-refractivity contribution >= 4 is 12.6 Å². The highest BCUT2D eigenvalue weighted by molar-refractivity contribution is 5.59. The molecular formula is C12H18O2. The minimum Gasteiger partial charge on any atom is -0.303 e. The molecule has 0 bridgehead atoms. The molecule has 0 heterocycles. The lowest BCUT2D eigenvalue weighted by atomic mass is 9.61. The van der Waals surface area contributed by atoms with Gasteiger partial charge in [0.05, 0.1) is 0 Å². The summed E-state index contributed by atoms with van der Waals surface area (Å²) >= 11 is 0. The molecule has 0 aromatic rings. The van der Waals surface area contributed by atoms with Crippen LogP contribution in [-0.2, 0) is 9.59 Å². The lowest BCUT2D eigenvalue weighted by Crippen LogP contribution is -2.38. The van der Waals surface area contributed by atoms with Crippen LogP contribution < -0.4 is 0 Å². The summed E-state index contributed by atoms with van der Waals surface area (Å²) in [7, 11) is 0. The van der Waals surface area contributed by atoms with Crippen molar-refractivity contribution in [1.82, 2.24) is 0 Å². The van der Waals surface area contributed by atoms with E-state index in [1.807, 2.05) is 0 Å². The first-order valence-electron chi connectivity index (χ1n) is 5.77. The normalized spacial score (nSPS) is 42.6. The van der Waals surface area contributed by atoms with E-state index in [4.69, 9.17) is 0 Å². The molecule has 2 saturated carbocycles. The number of hydrogen-bond donors (Lipinski definition) is 0. The molecule has 0 amide bonds. The van der Waals surface area contributed by atoms with Gasteiger partial charge >= 0.3 is 0 Å². The molecule has 2 unspecified atom stereocenters. The molecular weight excluding hydrogens is 176 g/mol. The summed E-state index contributed by atoms with van der Waals surface area (Å²) in [4.78, 5) is 21.9. The topological polar surface area (TPSA) is 34.1 Å². The monoisotopic (exact) mass is 194 g/mol. The van der Waals surface area contributed by atoms with E-state index in [2.05, 4.69) is 0 Å². The summed E-state index contributed by atoms with van der Waals surface area (Å²) in [5, 5.41) is 0. The maximum Gasteiger partial charge on any atom is 0.123 e. The summed E-state index contributed by atoms with van der Waals surface area (Å²) < 4.78 is 0. The number of fused-ring (bicyclic) bond motifs is 1. The molecule has 0 spiro atoms. The quantitative estimate of drug-likeness (QED) is 0.632. The number of rotatable bonds is 2. The third-order valence-electron chi connectivity index (χ3n) is 4.11. The van der Waals surface area contributed by atoms with E-state index in [1.54, 1.807) is 0 Å². The maximum absolute atomic E-state index is 11.0. The Bertz CT molecular complexity index is 202. The average molecular weight is 194 g/mol. The third-order valence-corrected chi connectivity index (χ3v) is 4.11. The van der Waals surface area contributed by atoms with Crippen LogP contribution in [0.3, 0.4) is 0 Å². The van der Waals surface area contributed by atoms with E-state index < -0.39 is 0 Å². The molecule has 2 atom stereocenters. The standard InChI is InChI=1S/C12H18O2/c13-7-10-5-1-3-9-4-2-6-11(8-14)12(9)10/h7-12H,1-6H2. The Hall–Kier alpha value is -0.660. The van der Waals surface area contributed by atoms with Gasteiger partial charge in [0.15, 0.2) is 0 Å². The first-order valence-corrected chi connectivity index (χ1v) is 5.77. The highest BCUT2D eigenvalue weighted by Crippen LogP contribution is 2.45. The van der Waals surface area contributed by atoms with Gasteiger partial charge in [-0.2, -0.15) is 0 Å². The SMILES string of the molecule is O=CC1CCCC2CCCC(C=O)C12. The number of carbonyl (C=O) groups excluding carboxylic acids is 2. The van der Waals surface area contributed by atoms with Crippen LogP contribution in [0.2, 0.25) is 0 Å². The van der Waals surface area contributed by atoms with Gasteiger partial charge in [0.25, 0.3) is 0 Å². The first kappa shape index (κ1) is 9.88. The van der Waals surface area contributed by atoms with E-state index >= 15 is 0 Å². The predicted molar refractivity (Wildman–Crippen MR) is 53.8 cm³/mol. The van der Waals surface area contributed by atoms with E-state index in [1.165, 1.54) is 25.7 Å². The summed E-state index contributed by atoms with van der Waals surface area (Å²) in [5.74, 6) is 1.38. The van der Waals surface area contributed by atoms with Crippen LogP contribution in [-0.4, -0.2) is 12.6 Å². The van der Waals surface area contributed by atoms with Crippen molar-refractivity contribution in [2.45, 2.75) is 38.5 Å². The van der Waals surface area contributed by atoms with Crippen LogP contribution in [0.4, 0.5) is 0 Å². The Morgan fingerprint density at radius 2 is 1.29 bits per heavy atom. The molecule has 2 aliphatic carbocycles. The van der Waals surface area contributed by atoms with Crippen molar-refractivity contribution in [2.24, 2.45) is 23.7 Å². The Morgan fingerprint density at radius 3 is 1.71 bits per heavy atom. The Labute approximate surface area is 85.1 Å². The van der Waals surface area contributed by atoms with E-state index in [0.29, 0.717) is 11.8 Å². The van der Waals surface area contributed by atoms with E-state index in [-0.39, 0.29) is 11.8 Å². The Morgan fingerprint density at radius 1 is 0.786 bits per heavy atom. The van der Waals surface area contributed by atoms with Gasteiger partial charge in [-0.25, -0.2) is 0 Å². The van der Waals surface area contributed by atoms with Gasteiger partial charge in [0, 0.05) is 11.8 Å². The molecule has 0 radical (unpaired) electrons. The third kappa shape index (κ3) is 1.62. The summed E-state index contributed by atoms with van der Waals surface area (Å²) in [5.41, 5.74) is 0. The molecule has 78 valence electrons. The Balaban J connectivity index is 2.15. The average Bonchev–Trinajstić information content (AvgIpc) is 2.27. The fourth-order valence-electron chi connectivity index (χ4n) is 3.48. The van der Waals surface area contributed by atoms with Gasteiger partial charge in [0.1, 0.15) is 12.6 Å². The Kier molecular flexibility index (Phi) is 2.99. The minimum absolute atomic E-state index is 0.171. The van der Waals surface area contributed by atoms with Crippen LogP contribution in [0.1, 0.15) is 38.5 Å². The molecule has 14 heavy (non-hydrogen) atoms. The van der Waals surface area contributed by atoms with Gasteiger partial charge < -0.3 is 9.59 Å². The molecule has 2 heteroatoms. The molecule has 0 saturated heterocycles. The van der Waals surface area contributed by atoms with Crippen LogP contribution in [0, 0.1) is 23.7 Å². The molecule has 2 aliphatic rings. The molecule has 0 aromatic carbocycles. The van der Waals surface area contributed by atoms with Gasteiger partial charge in [0.2, 0.25) is 0 Å². The van der Waals surface area contributed by atoms with Crippen molar-refractivity contribution in [3.05, 3.63) is 0 Å². The number of aldehydes is 2. The van der Waals surface area contributed by atoms with Gasteiger partial charge in [-0.05, 0) is 24.7 Å². The zero-order chi connectivity index (χ0) is 9.97. The highest BCUT2D eigenvalue weighted by Gasteiger charge is 2.40. The second-order valence-electron chi connectivity index (χ2n) is 4.80. The zero-order valence-corrected chi connectivity index (χ0v) is 8.52. The van der Waals surface area contributed by atoms with Gasteiger partial charge in [-0.15, -0.1) is 0 Å². The largest absolute Gasteiger partial charge is 0.303 e. The molecule has 2 rings (SSSR count). The highest BCUT2D eigenvalue weighted by atomic mass is 16.1. The zero-order valence-electron chi connectivity index (χ0n) is 8.52. The van der Waals surface area contributed by atoms with Crippen molar-refractivity contribution in [3.63, 3.8) is 0 Å². The number of carbonyl (C=O) groups is 2. The summed E-state index contributed by atoms with van der Waals surface area (Å²) in [6.07, 6.45) is 9.03. The number of hydrogen-bond acceptors (Lipinski definition) is 2. The smallest absolute Gasteiger partial charge is 0.123 e. The van der Waals surface area contributed by atoms with Crippen LogP contribution in [0.15, 0.2) is 0 Å². The maximum atomic E-state index is 11.0. The van der Waals surface area contributed by atoms with Crippen molar-refractivity contribution in [2.75, 3.05) is 0 Å². The van der Waals surface area contributed by atoms with Gasteiger partial charge in [-0.1, -0.05) is 25.7 Å². The molecule has 2 nitrogen and oxygen atoms in total. The van der Waals surface area contributed by atoms with E-state index in [9.17, 15) is 9.59 Å². The second-order valence-corrected chi connectivity index (χ2v) is 4.80. The van der Waals surface area contributed by atoms with Crippen molar-refractivity contribution in [3.8, 4) is 0 Å². The van der Waals surface area contributed by atoms with Crippen LogP contribution >= 0.6 is 0 Å². The van der Waals surface area contributed by atoms with Crippen molar-refractivity contribution < 1.29 is 9.59 Å². The van der Waals surface area contributed by atoms with Gasteiger partial charge in [-0.3, -0.25) is 0 Å². The minimum atomic E-state index is 0.171. The lowest BCUT2D eigenvalue weighted by molar-refractivity contribution is -0.121. The first-order chi connectivity index (χ1) is 6.86. The molecule has 2 fully saturated rings. The molecule has 0 aromatic heterocycles. The summed E-state index contributed by atoms with van der Waals surface area (Å²) in [6.45, 7) is 0. The second kappa shape index (κ2) is 4.24. The van der Waals surface area contributed by atoms with Crippen LogP contribution in [0.5, 0.6) is 0 Å². The predicted octanol–water partition coefficient (Wildman–Crippen LogP) is 2.22. The van der Waals surface area contributed by atoms with E-state index in [0.717, 1.165) is 25.4 Å². The summed E-state index contributed by atoms with van der Waals surface area (Å²) in [6, 6.07) is 0. The molecule has 0 N–H and O–H groups in total. The fraction of sp³-hybridized carbons (Fsp3) is 0.833. The van der Waals surface area contributed by atoms with Crippen LogP contribution in [0.25, 0.3) is 0 Å². The fourth-order valence-corrected chi connectivity index (χ4v) is 3.48. The van der Waals surface area contributed by atoms with Crippen molar-refractivity contribution in [1.29, 1.82) is 0 Å². The lowest BCUT2D eigenvalue weighted by Gasteiger charge is -2.42.